The van der Waals surface area contributed by atoms with Crippen molar-refractivity contribution in [3.63, 3.8) is 0 Å². The molecule has 3 heterocycles. The number of hydrogen-bond donors (Lipinski definition) is 1. The van der Waals surface area contributed by atoms with Crippen molar-refractivity contribution in [3.8, 4) is 28.7 Å². The minimum atomic E-state index is -0.0346. The molecule has 0 radical (unpaired) electrons. The van der Waals surface area contributed by atoms with Gasteiger partial charge in [0.15, 0.2) is 0 Å². The molecule has 0 fully saturated rings. The Bertz CT molecular complexity index is 1380. The summed E-state index contributed by atoms with van der Waals surface area (Å²) in [5, 5.41) is 21.3. The normalized spacial score (nSPS) is 12.2. The monoisotopic (exact) mass is 482 g/mol. The lowest BCUT2D eigenvalue weighted by molar-refractivity contribution is 0.190. The van der Waals surface area contributed by atoms with Crippen LogP contribution in [0.15, 0.2) is 54.7 Å². The fraction of sp³-hybridized carbons (Fsp3) is 0.333. The molecule has 1 N–H and O–H groups in total. The van der Waals surface area contributed by atoms with Gasteiger partial charge >= 0.3 is 0 Å². The highest BCUT2D eigenvalue weighted by Crippen LogP contribution is 2.25. The Morgan fingerprint density at radius 3 is 2.56 bits per heavy atom. The molecule has 9 nitrogen and oxygen atoms in total. The van der Waals surface area contributed by atoms with Crippen molar-refractivity contribution >= 4 is 5.95 Å². The minimum Gasteiger partial charge on any atom is -0.383 e. The molecule has 1 atom stereocenters. The van der Waals surface area contributed by atoms with Crippen molar-refractivity contribution in [3.05, 3.63) is 71.7 Å². The van der Waals surface area contributed by atoms with Crippen LogP contribution in [0.3, 0.4) is 0 Å². The van der Waals surface area contributed by atoms with Gasteiger partial charge in [0.25, 0.3) is 0 Å². The number of hydrogen-bond acceptors (Lipinski definition) is 8. The molecule has 0 amide bonds. The van der Waals surface area contributed by atoms with E-state index in [9.17, 15) is 5.26 Å². The van der Waals surface area contributed by atoms with Crippen LogP contribution in [0.25, 0.3) is 22.6 Å². The SMILES string of the molecule is COC[C@@H](C)Nc1nc(-c2cccc(C#N)c2)cc(-c2cn(Cc3cccc(C(C)(C)C)n3)nn2)n1. The first-order valence-corrected chi connectivity index (χ1v) is 11.8. The third-order valence-corrected chi connectivity index (χ3v) is 5.51. The first kappa shape index (κ1) is 24.9. The summed E-state index contributed by atoms with van der Waals surface area (Å²) in [4.78, 5) is 14.2. The lowest BCUT2D eigenvalue weighted by Gasteiger charge is -2.18. The molecule has 0 saturated heterocycles. The van der Waals surface area contributed by atoms with Crippen LogP contribution in [0.2, 0.25) is 0 Å². The van der Waals surface area contributed by atoms with Crippen LogP contribution in [0.4, 0.5) is 5.95 Å². The molecule has 0 aliphatic heterocycles. The van der Waals surface area contributed by atoms with Crippen molar-refractivity contribution in [1.29, 1.82) is 5.26 Å². The Hall–Kier alpha value is -4.16. The van der Waals surface area contributed by atoms with Crippen molar-refractivity contribution in [1.82, 2.24) is 29.9 Å². The highest BCUT2D eigenvalue weighted by molar-refractivity contribution is 5.68. The molecule has 4 rings (SSSR count). The van der Waals surface area contributed by atoms with Gasteiger partial charge in [-0.15, -0.1) is 5.10 Å². The van der Waals surface area contributed by atoms with E-state index in [1.165, 1.54) is 0 Å². The summed E-state index contributed by atoms with van der Waals surface area (Å²) < 4.78 is 6.99. The molecule has 0 aliphatic carbocycles. The second-order valence-electron chi connectivity index (χ2n) is 9.72. The maximum absolute atomic E-state index is 9.32. The zero-order valence-electron chi connectivity index (χ0n) is 21.2. The van der Waals surface area contributed by atoms with Gasteiger partial charge in [-0.2, -0.15) is 5.26 Å². The maximum atomic E-state index is 9.32. The van der Waals surface area contributed by atoms with Gasteiger partial charge in [-0.25, -0.2) is 14.6 Å². The summed E-state index contributed by atoms with van der Waals surface area (Å²) in [7, 11) is 1.65. The highest BCUT2D eigenvalue weighted by Gasteiger charge is 2.17. The Kier molecular flexibility index (Phi) is 7.36. The van der Waals surface area contributed by atoms with E-state index in [1.54, 1.807) is 23.9 Å². The number of methoxy groups -OCH3 is 1. The van der Waals surface area contributed by atoms with Gasteiger partial charge in [0.05, 0.1) is 48.1 Å². The van der Waals surface area contributed by atoms with Gasteiger partial charge < -0.3 is 10.1 Å². The summed E-state index contributed by atoms with van der Waals surface area (Å²) in [5.74, 6) is 0.448. The number of ether oxygens (including phenoxy) is 1. The van der Waals surface area contributed by atoms with E-state index in [4.69, 9.17) is 9.72 Å². The number of aromatic nitrogens is 6. The van der Waals surface area contributed by atoms with Gasteiger partial charge in [-0.05, 0) is 37.3 Å². The third kappa shape index (κ3) is 6.09. The third-order valence-electron chi connectivity index (χ3n) is 5.51. The number of rotatable bonds is 8. The zero-order valence-corrected chi connectivity index (χ0v) is 21.2. The topological polar surface area (TPSA) is 114 Å². The molecule has 4 aromatic rings. The minimum absolute atomic E-state index is 0.000363. The first-order valence-electron chi connectivity index (χ1n) is 11.8. The Morgan fingerprint density at radius 1 is 1.03 bits per heavy atom. The molecule has 9 heteroatoms. The largest absolute Gasteiger partial charge is 0.383 e. The molecule has 36 heavy (non-hydrogen) atoms. The van der Waals surface area contributed by atoms with Crippen LogP contribution in [0, 0.1) is 11.3 Å². The van der Waals surface area contributed by atoms with Gasteiger partial charge in [0, 0.05) is 29.8 Å². The predicted octanol–water partition coefficient (Wildman–Crippen LogP) is 4.46. The summed E-state index contributed by atoms with van der Waals surface area (Å²) >= 11 is 0. The molecular formula is C27H30N8O. The van der Waals surface area contributed by atoms with Crippen molar-refractivity contribution in [2.24, 2.45) is 0 Å². The van der Waals surface area contributed by atoms with E-state index in [2.05, 4.69) is 52.4 Å². The number of nitrogens with one attached hydrogen (secondary N) is 1. The van der Waals surface area contributed by atoms with Crippen molar-refractivity contribution in [2.45, 2.75) is 45.7 Å². The molecule has 3 aromatic heterocycles. The van der Waals surface area contributed by atoms with Gasteiger partial charge in [0.1, 0.15) is 5.69 Å². The lowest BCUT2D eigenvalue weighted by Crippen LogP contribution is -2.22. The fourth-order valence-electron chi connectivity index (χ4n) is 3.70. The van der Waals surface area contributed by atoms with Gasteiger partial charge in [-0.1, -0.05) is 44.2 Å². The molecule has 184 valence electrons. The number of pyridine rings is 1. The summed E-state index contributed by atoms with van der Waals surface area (Å²) in [5.41, 5.74) is 5.20. The molecule has 0 bridgehead atoms. The lowest BCUT2D eigenvalue weighted by atomic mass is 9.91. The number of nitrogens with zero attached hydrogens (tertiary/aromatic N) is 7. The standard InChI is InChI=1S/C27H30N8O/c1-18(17-36-5)29-26-31-22(20-9-6-8-19(12-20)14-28)13-23(32-26)24-16-35(34-33-24)15-21-10-7-11-25(30-21)27(2,3)4/h6-13,16,18H,15,17H2,1-5H3,(H,29,31,32)/t18-/m1/s1. The van der Waals surface area contributed by atoms with Crippen molar-refractivity contribution < 1.29 is 4.74 Å². The Balaban J connectivity index is 1.67. The van der Waals surface area contributed by atoms with Crippen LogP contribution in [0.5, 0.6) is 0 Å². The van der Waals surface area contributed by atoms with Gasteiger partial charge in [-0.3, -0.25) is 4.98 Å². The van der Waals surface area contributed by atoms with Crippen LogP contribution < -0.4 is 5.32 Å². The van der Waals surface area contributed by atoms with Crippen molar-refractivity contribution in [2.75, 3.05) is 19.0 Å². The Morgan fingerprint density at radius 2 is 1.81 bits per heavy atom. The molecule has 0 saturated carbocycles. The van der Waals surface area contributed by atoms with Crippen LogP contribution in [-0.2, 0) is 16.7 Å². The average Bonchev–Trinajstić information content (AvgIpc) is 3.32. The first-order chi connectivity index (χ1) is 17.2. The quantitative estimate of drug-likeness (QED) is 0.391. The molecule has 0 spiro atoms. The zero-order chi connectivity index (χ0) is 25.7. The van der Waals surface area contributed by atoms with E-state index in [0.29, 0.717) is 41.7 Å². The molecular weight excluding hydrogens is 452 g/mol. The predicted molar refractivity (Wildman–Crippen MR) is 138 cm³/mol. The summed E-state index contributed by atoms with van der Waals surface area (Å²) in [6.07, 6.45) is 1.85. The van der Waals surface area contributed by atoms with Crippen LogP contribution in [-0.4, -0.2) is 49.7 Å². The van der Waals surface area contributed by atoms with E-state index >= 15 is 0 Å². The van der Waals surface area contributed by atoms with E-state index in [-0.39, 0.29) is 11.5 Å². The smallest absolute Gasteiger partial charge is 0.224 e. The number of nitriles is 1. The highest BCUT2D eigenvalue weighted by atomic mass is 16.5. The average molecular weight is 483 g/mol. The van der Waals surface area contributed by atoms with Crippen LogP contribution >= 0.6 is 0 Å². The maximum Gasteiger partial charge on any atom is 0.224 e. The van der Waals surface area contributed by atoms with Crippen LogP contribution in [0.1, 0.15) is 44.6 Å². The van der Waals surface area contributed by atoms with E-state index < -0.39 is 0 Å². The van der Waals surface area contributed by atoms with E-state index in [1.807, 2.05) is 49.5 Å². The van der Waals surface area contributed by atoms with E-state index in [0.717, 1.165) is 17.0 Å². The molecule has 0 aliphatic rings. The second-order valence-corrected chi connectivity index (χ2v) is 9.72. The number of benzene rings is 1. The summed E-state index contributed by atoms with van der Waals surface area (Å²) in [6, 6.07) is 17.4. The fourth-order valence-corrected chi connectivity index (χ4v) is 3.70. The Labute approximate surface area is 211 Å². The second kappa shape index (κ2) is 10.6. The van der Waals surface area contributed by atoms with Gasteiger partial charge in [0.2, 0.25) is 5.95 Å². The summed E-state index contributed by atoms with van der Waals surface area (Å²) in [6.45, 7) is 9.42. The number of anilines is 1. The molecule has 0 unspecified atom stereocenters. The molecule has 1 aromatic carbocycles.